The Hall–Kier alpha value is -1.83. The lowest BCUT2D eigenvalue weighted by molar-refractivity contribution is -0.0379. The number of aromatic nitrogens is 2. The van der Waals surface area contributed by atoms with E-state index in [1.807, 2.05) is 36.4 Å². The van der Waals surface area contributed by atoms with Crippen LogP contribution in [0.5, 0.6) is 0 Å². The molecule has 0 amide bonds. The van der Waals surface area contributed by atoms with Gasteiger partial charge < -0.3 is 4.74 Å². The van der Waals surface area contributed by atoms with Crippen molar-refractivity contribution < 1.29 is 4.74 Å². The Morgan fingerprint density at radius 2 is 1.75 bits per heavy atom. The molecule has 164 valence electrons. The van der Waals surface area contributed by atoms with Gasteiger partial charge in [0.25, 0.3) is 5.56 Å². The number of rotatable bonds is 4. The van der Waals surface area contributed by atoms with E-state index < -0.39 is 0 Å². The summed E-state index contributed by atoms with van der Waals surface area (Å²) in [5, 5.41) is 2.68. The molecule has 0 saturated carbocycles. The van der Waals surface area contributed by atoms with Crippen LogP contribution in [-0.2, 0) is 23.5 Å². The van der Waals surface area contributed by atoms with Crippen molar-refractivity contribution in [1.29, 1.82) is 0 Å². The van der Waals surface area contributed by atoms with Gasteiger partial charge in [-0.1, -0.05) is 47.1 Å². The summed E-state index contributed by atoms with van der Waals surface area (Å²) in [6.45, 7) is 4.62. The summed E-state index contributed by atoms with van der Waals surface area (Å²) in [5.41, 5.74) is 2.57. The molecule has 32 heavy (non-hydrogen) atoms. The molecule has 1 aliphatic rings. The van der Waals surface area contributed by atoms with Crippen LogP contribution in [-0.4, -0.2) is 15.2 Å². The summed E-state index contributed by atoms with van der Waals surface area (Å²) in [4.78, 5) is 20.7. The molecule has 4 aromatic rings. The van der Waals surface area contributed by atoms with Gasteiger partial charge in [0, 0.05) is 27.1 Å². The third kappa shape index (κ3) is 4.22. The zero-order chi connectivity index (χ0) is 22.5. The maximum absolute atomic E-state index is 13.9. The number of hydrogen-bond donors (Lipinski definition) is 0. The summed E-state index contributed by atoms with van der Waals surface area (Å²) >= 11 is 15.2. The molecule has 1 aliphatic heterocycles. The zero-order valence-electron chi connectivity index (χ0n) is 17.5. The maximum atomic E-state index is 13.9. The first kappa shape index (κ1) is 22.0. The number of benzene rings is 2. The van der Waals surface area contributed by atoms with Crippen LogP contribution >= 0.6 is 46.3 Å². The van der Waals surface area contributed by atoms with Gasteiger partial charge in [-0.3, -0.25) is 9.36 Å². The van der Waals surface area contributed by atoms with Crippen LogP contribution in [0.1, 0.15) is 29.9 Å². The molecule has 5 rings (SSSR count). The highest BCUT2D eigenvalue weighted by Crippen LogP contribution is 2.38. The van der Waals surface area contributed by atoms with Crippen LogP contribution in [0.15, 0.2) is 58.5 Å². The Labute approximate surface area is 204 Å². The Morgan fingerprint density at radius 3 is 2.44 bits per heavy atom. The third-order valence-corrected chi connectivity index (χ3v) is 8.05. The fraction of sp³-hybridized carbons (Fsp3) is 0.250. The first-order valence-corrected chi connectivity index (χ1v) is 12.7. The molecule has 2 aromatic heterocycles. The number of thioether (sulfide) groups is 1. The monoisotopic (exact) mass is 502 g/mol. The van der Waals surface area contributed by atoms with Crippen molar-refractivity contribution in [2.45, 2.75) is 43.4 Å². The van der Waals surface area contributed by atoms with Crippen molar-refractivity contribution in [3.63, 3.8) is 0 Å². The van der Waals surface area contributed by atoms with Gasteiger partial charge >= 0.3 is 0 Å². The van der Waals surface area contributed by atoms with E-state index in [0.717, 1.165) is 26.5 Å². The number of halogens is 2. The first-order chi connectivity index (χ1) is 15.3. The number of fused-ring (bicyclic) bond motifs is 3. The van der Waals surface area contributed by atoms with Gasteiger partial charge in [-0.25, -0.2) is 4.98 Å². The SMILES string of the molecule is CC1(C)Cc2c(sc3nc(SCc4ccc(Cl)cc4)n(-c4ccc(Cl)cc4)c(=O)c23)CO1. The smallest absolute Gasteiger partial charge is 0.267 e. The molecule has 0 atom stereocenters. The van der Waals surface area contributed by atoms with E-state index in [9.17, 15) is 4.79 Å². The van der Waals surface area contributed by atoms with Gasteiger partial charge in [0.2, 0.25) is 0 Å². The zero-order valence-corrected chi connectivity index (χ0v) is 20.7. The van der Waals surface area contributed by atoms with Gasteiger partial charge in [0.15, 0.2) is 5.16 Å². The maximum Gasteiger partial charge on any atom is 0.267 e. The number of ether oxygens (including phenoxy) is 1. The molecule has 3 heterocycles. The van der Waals surface area contributed by atoms with E-state index in [1.165, 1.54) is 11.8 Å². The van der Waals surface area contributed by atoms with E-state index in [4.69, 9.17) is 32.9 Å². The fourth-order valence-electron chi connectivity index (χ4n) is 3.82. The summed E-state index contributed by atoms with van der Waals surface area (Å²) in [5.74, 6) is 0.671. The lowest BCUT2D eigenvalue weighted by Crippen LogP contribution is -2.32. The Kier molecular flexibility index (Phi) is 5.84. The summed E-state index contributed by atoms with van der Waals surface area (Å²) in [7, 11) is 0. The minimum absolute atomic E-state index is 0.0499. The van der Waals surface area contributed by atoms with Crippen molar-refractivity contribution in [2.75, 3.05) is 0 Å². The van der Waals surface area contributed by atoms with Crippen molar-refractivity contribution in [1.82, 2.24) is 9.55 Å². The van der Waals surface area contributed by atoms with Crippen LogP contribution in [0.3, 0.4) is 0 Å². The second-order valence-electron chi connectivity index (χ2n) is 8.34. The molecule has 8 heteroatoms. The minimum Gasteiger partial charge on any atom is -0.370 e. The lowest BCUT2D eigenvalue weighted by atomic mass is 9.94. The first-order valence-electron chi connectivity index (χ1n) is 10.2. The quantitative estimate of drug-likeness (QED) is 0.225. The van der Waals surface area contributed by atoms with Gasteiger partial charge in [0.1, 0.15) is 4.83 Å². The van der Waals surface area contributed by atoms with Crippen molar-refractivity contribution in [3.8, 4) is 5.69 Å². The normalized spacial score (nSPS) is 15.1. The van der Waals surface area contributed by atoms with Crippen LogP contribution in [0, 0.1) is 0 Å². The Balaban J connectivity index is 1.66. The molecular weight excluding hydrogens is 483 g/mol. The molecule has 0 fully saturated rings. The number of thiophene rings is 1. The molecule has 0 spiro atoms. The molecule has 0 saturated heterocycles. The third-order valence-electron chi connectivity index (χ3n) is 5.44. The highest BCUT2D eigenvalue weighted by molar-refractivity contribution is 7.98. The Bertz CT molecular complexity index is 1360. The van der Waals surface area contributed by atoms with Crippen molar-refractivity contribution in [2.24, 2.45) is 0 Å². The van der Waals surface area contributed by atoms with Gasteiger partial charge in [-0.15, -0.1) is 11.3 Å². The van der Waals surface area contributed by atoms with E-state index in [2.05, 4.69) is 13.8 Å². The number of nitrogens with zero attached hydrogens (tertiary/aromatic N) is 2. The second-order valence-corrected chi connectivity index (χ2v) is 11.2. The average Bonchev–Trinajstić information content (AvgIpc) is 3.11. The van der Waals surface area contributed by atoms with Crippen LogP contribution < -0.4 is 5.56 Å². The lowest BCUT2D eigenvalue weighted by Gasteiger charge is -2.29. The van der Waals surface area contributed by atoms with Crippen molar-refractivity contribution >= 4 is 56.5 Å². The second kappa shape index (κ2) is 8.50. The van der Waals surface area contributed by atoms with E-state index in [-0.39, 0.29) is 11.2 Å². The standard InChI is InChI=1S/C24H20Cl2N2O2S2/c1-24(2)11-18-19(12-30-24)32-21-20(18)22(29)28(17-9-7-16(26)8-10-17)23(27-21)31-13-14-3-5-15(25)6-4-14/h3-10H,11-13H2,1-2H3. The summed E-state index contributed by atoms with van der Waals surface area (Å²) < 4.78 is 7.68. The Morgan fingerprint density at radius 1 is 1.09 bits per heavy atom. The molecular formula is C24H20Cl2N2O2S2. The average molecular weight is 503 g/mol. The fourth-order valence-corrected chi connectivity index (χ4v) is 6.18. The number of hydrogen-bond acceptors (Lipinski definition) is 5. The summed E-state index contributed by atoms with van der Waals surface area (Å²) in [6, 6.07) is 15.0. The van der Waals surface area contributed by atoms with Crippen LogP contribution in [0.25, 0.3) is 15.9 Å². The van der Waals surface area contributed by atoms with E-state index in [1.54, 1.807) is 28.0 Å². The van der Waals surface area contributed by atoms with Crippen LogP contribution in [0.4, 0.5) is 0 Å². The molecule has 4 nitrogen and oxygen atoms in total. The molecule has 0 aliphatic carbocycles. The van der Waals surface area contributed by atoms with Gasteiger partial charge in [0.05, 0.1) is 23.3 Å². The summed E-state index contributed by atoms with van der Waals surface area (Å²) in [6.07, 6.45) is 0.692. The molecule has 2 aromatic carbocycles. The highest BCUT2D eigenvalue weighted by atomic mass is 35.5. The minimum atomic E-state index is -0.305. The highest BCUT2D eigenvalue weighted by Gasteiger charge is 2.31. The van der Waals surface area contributed by atoms with Gasteiger partial charge in [-0.05, 0) is 61.4 Å². The molecule has 0 bridgehead atoms. The molecule has 0 N–H and O–H groups in total. The molecule has 0 unspecified atom stereocenters. The van der Waals surface area contributed by atoms with Gasteiger partial charge in [-0.2, -0.15) is 0 Å². The molecule has 0 radical (unpaired) electrons. The van der Waals surface area contributed by atoms with Crippen LogP contribution in [0.2, 0.25) is 10.0 Å². The van der Waals surface area contributed by atoms with Crippen molar-refractivity contribution in [3.05, 3.63) is 84.9 Å². The predicted molar refractivity (Wildman–Crippen MR) is 134 cm³/mol. The van der Waals surface area contributed by atoms with E-state index in [0.29, 0.717) is 39.4 Å². The largest absolute Gasteiger partial charge is 0.370 e. The predicted octanol–water partition coefficient (Wildman–Crippen LogP) is 6.90. The van der Waals surface area contributed by atoms with E-state index >= 15 is 0 Å². The topological polar surface area (TPSA) is 44.1 Å².